The molecule has 0 saturated carbocycles. The minimum absolute atomic E-state index is 0.345. The SMILES string of the molecule is Cc1ccc(COc2ccc(C(=O)N[C@H](C(=O)NO)C(C)(C)N)cc2)cc1. The Balaban J connectivity index is 1.99. The summed E-state index contributed by atoms with van der Waals surface area (Å²) in [6, 6.07) is 13.5. The van der Waals surface area contributed by atoms with Gasteiger partial charge in [-0.1, -0.05) is 29.8 Å². The average Bonchev–Trinajstić information content (AvgIpc) is 2.64. The van der Waals surface area contributed by atoms with Crippen molar-refractivity contribution < 1.29 is 19.5 Å². The molecule has 0 heterocycles. The molecule has 0 unspecified atom stereocenters. The molecule has 0 fully saturated rings. The van der Waals surface area contributed by atoms with Gasteiger partial charge in [0.25, 0.3) is 11.8 Å². The van der Waals surface area contributed by atoms with Crippen molar-refractivity contribution in [3.05, 3.63) is 65.2 Å². The number of aryl methyl sites for hydroxylation is 1. The van der Waals surface area contributed by atoms with Gasteiger partial charge in [-0.05, 0) is 50.6 Å². The maximum absolute atomic E-state index is 12.4. The largest absolute Gasteiger partial charge is 0.489 e. The van der Waals surface area contributed by atoms with Gasteiger partial charge in [0.05, 0.1) is 0 Å². The first-order valence-electron chi connectivity index (χ1n) is 8.53. The molecule has 27 heavy (non-hydrogen) atoms. The molecule has 1 atom stereocenters. The summed E-state index contributed by atoms with van der Waals surface area (Å²) in [5, 5.41) is 11.4. The van der Waals surface area contributed by atoms with E-state index in [0.717, 1.165) is 5.56 Å². The van der Waals surface area contributed by atoms with Gasteiger partial charge >= 0.3 is 0 Å². The summed E-state index contributed by atoms with van der Waals surface area (Å²) in [7, 11) is 0. The van der Waals surface area contributed by atoms with E-state index in [1.807, 2.05) is 31.2 Å². The fraction of sp³-hybridized carbons (Fsp3) is 0.300. The van der Waals surface area contributed by atoms with Gasteiger partial charge in [-0.2, -0.15) is 0 Å². The van der Waals surface area contributed by atoms with Crippen molar-refractivity contribution in [2.24, 2.45) is 5.73 Å². The Morgan fingerprint density at radius 2 is 1.70 bits per heavy atom. The average molecular weight is 371 g/mol. The Hall–Kier alpha value is -2.90. The van der Waals surface area contributed by atoms with E-state index in [-0.39, 0.29) is 0 Å². The zero-order valence-electron chi connectivity index (χ0n) is 15.7. The molecule has 0 aromatic heterocycles. The van der Waals surface area contributed by atoms with Crippen molar-refractivity contribution in [3.8, 4) is 5.75 Å². The monoisotopic (exact) mass is 371 g/mol. The molecule has 0 saturated heterocycles. The van der Waals surface area contributed by atoms with E-state index in [1.54, 1.807) is 38.1 Å². The zero-order valence-corrected chi connectivity index (χ0v) is 15.7. The van der Waals surface area contributed by atoms with Crippen LogP contribution in [0.15, 0.2) is 48.5 Å². The molecule has 0 aliphatic heterocycles. The molecule has 5 N–H and O–H groups in total. The standard InChI is InChI=1S/C20H25N3O4/c1-13-4-6-14(7-5-13)12-27-16-10-8-15(9-11-16)18(24)22-17(19(25)23-26)20(2,3)21/h4-11,17,26H,12,21H2,1-3H3,(H,22,24)(H,23,25)/t17-/m1/s1. The van der Waals surface area contributed by atoms with Gasteiger partial charge in [-0.25, -0.2) is 5.48 Å². The van der Waals surface area contributed by atoms with Crippen LogP contribution in [0.1, 0.15) is 35.3 Å². The lowest BCUT2D eigenvalue weighted by atomic mass is 9.95. The molecule has 2 aromatic rings. The van der Waals surface area contributed by atoms with Crippen molar-refractivity contribution in [2.45, 2.75) is 39.0 Å². The smallest absolute Gasteiger partial charge is 0.267 e. The van der Waals surface area contributed by atoms with E-state index in [9.17, 15) is 9.59 Å². The van der Waals surface area contributed by atoms with E-state index in [1.165, 1.54) is 11.0 Å². The third kappa shape index (κ3) is 5.80. The van der Waals surface area contributed by atoms with Gasteiger partial charge < -0.3 is 15.8 Å². The van der Waals surface area contributed by atoms with Crippen LogP contribution >= 0.6 is 0 Å². The van der Waals surface area contributed by atoms with Crippen molar-refractivity contribution >= 4 is 11.8 Å². The quantitative estimate of drug-likeness (QED) is 0.439. The molecule has 2 rings (SSSR count). The Morgan fingerprint density at radius 1 is 1.11 bits per heavy atom. The molecule has 0 radical (unpaired) electrons. The number of nitrogens with two attached hydrogens (primary N) is 1. The van der Waals surface area contributed by atoms with Crippen LogP contribution in [0.3, 0.4) is 0 Å². The molecule has 144 valence electrons. The van der Waals surface area contributed by atoms with Crippen LogP contribution in [0.2, 0.25) is 0 Å². The van der Waals surface area contributed by atoms with Crippen LogP contribution in [-0.4, -0.2) is 28.6 Å². The second-order valence-corrected chi connectivity index (χ2v) is 7.00. The Morgan fingerprint density at radius 3 is 2.22 bits per heavy atom. The van der Waals surface area contributed by atoms with Crippen LogP contribution in [0.4, 0.5) is 0 Å². The number of nitrogens with one attached hydrogen (secondary N) is 2. The minimum atomic E-state index is -1.09. The summed E-state index contributed by atoms with van der Waals surface area (Å²) in [5.74, 6) is -0.642. The van der Waals surface area contributed by atoms with Crippen molar-refractivity contribution in [2.75, 3.05) is 0 Å². The van der Waals surface area contributed by atoms with Gasteiger partial charge in [-0.3, -0.25) is 14.8 Å². The number of carbonyl (C=O) groups is 2. The number of hydrogen-bond acceptors (Lipinski definition) is 5. The van der Waals surface area contributed by atoms with E-state index in [4.69, 9.17) is 15.7 Å². The second-order valence-electron chi connectivity index (χ2n) is 7.00. The second kappa shape index (κ2) is 8.66. The summed E-state index contributed by atoms with van der Waals surface area (Å²) in [6.45, 7) is 5.60. The summed E-state index contributed by atoms with van der Waals surface area (Å²) in [6.07, 6.45) is 0. The number of ether oxygens (including phenoxy) is 1. The molecule has 0 aliphatic carbocycles. The van der Waals surface area contributed by atoms with Gasteiger partial charge in [-0.15, -0.1) is 0 Å². The number of amides is 2. The fourth-order valence-corrected chi connectivity index (χ4v) is 2.42. The lowest BCUT2D eigenvalue weighted by molar-refractivity contribution is -0.132. The topological polar surface area (TPSA) is 114 Å². The summed E-state index contributed by atoms with van der Waals surface area (Å²) < 4.78 is 5.71. The highest BCUT2D eigenvalue weighted by Gasteiger charge is 2.33. The predicted molar refractivity (Wildman–Crippen MR) is 101 cm³/mol. The molecular weight excluding hydrogens is 346 g/mol. The van der Waals surface area contributed by atoms with Crippen LogP contribution in [0, 0.1) is 6.92 Å². The van der Waals surface area contributed by atoms with Crippen molar-refractivity contribution in [3.63, 3.8) is 0 Å². The zero-order chi connectivity index (χ0) is 20.0. The van der Waals surface area contributed by atoms with E-state index in [2.05, 4.69) is 5.32 Å². The highest BCUT2D eigenvalue weighted by molar-refractivity contribution is 5.97. The maximum atomic E-state index is 12.4. The number of hydrogen-bond donors (Lipinski definition) is 4. The first-order chi connectivity index (χ1) is 12.7. The maximum Gasteiger partial charge on any atom is 0.267 e. The number of carbonyl (C=O) groups excluding carboxylic acids is 2. The van der Waals surface area contributed by atoms with Crippen LogP contribution in [0.25, 0.3) is 0 Å². The molecule has 0 spiro atoms. The molecule has 7 nitrogen and oxygen atoms in total. The predicted octanol–water partition coefficient (Wildman–Crippen LogP) is 1.92. The molecule has 2 amide bonds. The van der Waals surface area contributed by atoms with Crippen molar-refractivity contribution in [1.82, 2.24) is 10.8 Å². The minimum Gasteiger partial charge on any atom is -0.489 e. The van der Waals surface area contributed by atoms with Crippen LogP contribution in [0.5, 0.6) is 5.75 Å². The lowest BCUT2D eigenvalue weighted by Crippen LogP contribution is -2.61. The van der Waals surface area contributed by atoms with Gasteiger partial charge in [0, 0.05) is 11.1 Å². The molecule has 0 aliphatic rings. The Kier molecular flexibility index (Phi) is 6.55. The Labute approximate surface area is 158 Å². The molecule has 0 bridgehead atoms. The van der Waals surface area contributed by atoms with Crippen LogP contribution in [-0.2, 0) is 11.4 Å². The third-order valence-electron chi connectivity index (χ3n) is 4.03. The van der Waals surface area contributed by atoms with Gasteiger partial charge in [0.1, 0.15) is 18.4 Å². The van der Waals surface area contributed by atoms with Crippen LogP contribution < -0.4 is 21.3 Å². The van der Waals surface area contributed by atoms with Gasteiger partial charge in [0.2, 0.25) is 0 Å². The third-order valence-corrected chi connectivity index (χ3v) is 4.03. The van der Waals surface area contributed by atoms with E-state index < -0.39 is 23.4 Å². The Bertz CT molecular complexity index is 780. The highest BCUT2D eigenvalue weighted by Crippen LogP contribution is 2.15. The van der Waals surface area contributed by atoms with Gasteiger partial charge in [0.15, 0.2) is 0 Å². The number of benzene rings is 2. The first kappa shape index (κ1) is 20.4. The summed E-state index contributed by atoms with van der Waals surface area (Å²) in [5.41, 5.74) is 8.94. The summed E-state index contributed by atoms with van der Waals surface area (Å²) in [4.78, 5) is 24.1. The van der Waals surface area contributed by atoms with E-state index >= 15 is 0 Å². The molecular formula is C20H25N3O4. The normalized spacial score (nSPS) is 12.2. The van der Waals surface area contributed by atoms with Crippen molar-refractivity contribution in [1.29, 1.82) is 0 Å². The summed E-state index contributed by atoms with van der Waals surface area (Å²) >= 11 is 0. The first-order valence-corrected chi connectivity index (χ1v) is 8.53. The fourth-order valence-electron chi connectivity index (χ4n) is 2.42. The lowest BCUT2D eigenvalue weighted by Gasteiger charge is -2.29. The molecule has 2 aromatic carbocycles. The number of hydroxylamine groups is 1. The number of rotatable bonds is 7. The highest BCUT2D eigenvalue weighted by atomic mass is 16.5. The van der Waals surface area contributed by atoms with E-state index in [0.29, 0.717) is 17.9 Å². The molecule has 7 heteroatoms.